The van der Waals surface area contributed by atoms with Gasteiger partial charge in [0.2, 0.25) is 10.0 Å². The third-order valence-corrected chi connectivity index (χ3v) is 6.11. The molecule has 0 aromatic heterocycles. The number of nitrogens with two attached hydrogens (primary N) is 1. The zero-order valence-electron chi connectivity index (χ0n) is 11.0. The van der Waals surface area contributed by atoms with Gasteiger partial charge in [-0.05, 0) is 18.6 Å². The highest BCUT2D eigenvalue weighted by Crippen LogP contribution is 2.35. The number of hydrogen-bond acceptors (Lipinski definition) is 4. The largest absolute Gasteiger partial charge is 0.399 e. The molecule has 1 fully saturated rings. The van der Waals surface area contributed by atoms with E-state index in [2.05, 4.69) is 0 Å². The third kappa shape index (κ3) is 2.89. The molecule has 1 unspecified atom stereocenters. The average Bonchev–Trinajstić information content (AvgIpc) is 2.37. The molecule has 0 radical (unpaired) electrons. The Morgan fingerprint density at radius 1 is 1.40 bits per heavy atom. The smallest absolute Gasteiger partial charge is 0.246 e. The minimum Gasteiger partial charge on any atom is -0.399 e. The van der Waals surface area contributed by atoms with Gasteiger partial charge < -0.3 is 10.5 Å². The van der Waals surface area contributed by atoms with Crippen LogP contribution >= 0.6 is 23.2 Å². The standard InChI is InChI=1S/C12H16Cl2N2O3S/c1-2-9-7-19-4-3-16(9)20(17,18)12-10(13)5-8(15)6-11(12)14/h5-6,9H,2-4,7,15H2,1H3. The molecule has 20 heavy (non-hydrogen) atoms. The second-order valence-electron chi connectivity index (χ2n) is 4.57. The van der Waals surface area contributed by atoms with Crippen molar-refractivity contribution < 1.29 is 13.2 Å². The third-order valence-electron chi connectivity index (χ3n) is 3.23. The van der Waals surface area contributed by atoms with E-state index < -0.39 is 10.0 Å². The molecular weight excluding hydrogens is 323 g/mol. The molecule has 8 heteroatoms. The lowest BCUT2D eigenvalue weighted by molar-refractivity contribution is 0.0314. The van der Waals surface area contributed by atoms with Gasteiger partial charge in [-0.15, -0.1) is 0 Å². The van der Waals surface area contributed by atoms with Crippen LogP contribution in [0.25, 0.3) is 0 Å². The van der Waals surface area contributed by atoms with Crippen LogP contribution in [-0.4, -0.2) is 38.5 Å². The van der Waals surface area contributed by atoms with Gasteiger partial charge in [-0.3, -0.25) is 0 Å². The summed E-state index contributed by atoms with van der Waals surface area (Å²) in [6, 6.07) is 2.57. The fourth-order valence-corrected chi connectivity index (χ4v) is 5.07. The molecule has 1 aromatic carbocycles. The van der Waals surface area contributed by atoms with Crippen LogP contribution in [0.2, 0.25) is 10.0 Å². The van der Waals surface area contributed by atoms with Gasteiger partial charge in [0, 0.05) is 18.3 Å². The van der Waals surface area contributed by atoms with Gasteiger partial charge in [0.15, 0.2) is 0 Å². The van der Waals surface area contributed by atoms with Crippen LogP contribution in [0.4, 0.5) is 5.69 Å². The van der Waals surface area contributed by atoms with Crippen LogP contribution < -0.4 is 5.73 Å². The predicted molar refractivity (Wildman–Crippen MR) is 79.7 cm³/mol. The van der Waals surface area contributed by atoms with E-state index in [-0.39, 0.29) is 27.5 Å². The number of anilines is 1. The number of nitrogens with zero attached hydrogens (tertiary/aromatic N) is 1. The van der Waals surface area contributed by atoms with E-state index in [0.29, 0.717) is 25.3 Å². The number of hydrogen-bond donors (Lipinski definition) is 1. The molecule has 1 saturated heterocycles. The molecule has 1 aliphatic heterocycles. The molecule has 5 nitrogen and oxygen atoms in total. The molecule has 0 spiro atoms. The Morgan fingerprint density at radius 2 is 2.00 bits per heavy atom. The van der Waals surface area contributed by atoms with E-state index >= 15 is 0 Å². The lowest BCUT2D eigenvalue weighted by atomic mass is 10.2. The van der Waals surface area contributed by atoms with Crippen LogP contribution in [0.3, 0.4) is 0 Å². The second-order valence-corrected chi connectivity index (χ2v) is 7.21. The number of rotatable bonds is 3. The maximum Gasteiger partial charge on any atom is 0.246 e. The molecule has 1 aliphatic rings. The van der Waals surface area contributed by atoms with E-state index in [1.54, 1.807) is 0 Å². The van der Waals surface area contributed by atoms with Crippen molar-refractivity contribution in [3.05, 3.63) is 22.2 Å². The second kappa shape index (κ2) is 6.07. The molecule has 0 bridgehead atoms. The van der Waals surface area contributed by atoms with Crippen molar-refractivity contribution in [2.75, 3.05) is 25.5 Å². The Kier molecular flexibility index (Phi) is 4.81. The molecule has 112 valence electrons. The minimum absolute atomic E-state index is 0.0383. The molecule has 1 heterocycles. The van der Waals surface area contributed by atoms with Crippen molar-refractivity contribution in [3.8, 4) is 0 Å². The van der Waals surface area contributed by atoms with Gasteiger partial charge >= 0.3 is 0 Å². The zero-order chi connectivity index (χ0) is 14.9. The fraction of sp³-hybridized carbons (Fsp3) is 0.500. The summed E-state index contributed by atoms with van der Waals surface area (Å²) >= 11 is 12.1. The Balaban J connectivity index is 2.49. The van der Waals surface area contributed by atoms with Crippen molar-refractivity contribution in [1.82, 2.24) is 4.31 Å². The summed E-state index contributed by atoms with van der Waals surface area (Å²) < 4.78 is 32.3. The molecule has 1 atom stereocenters. The first-order valence-electron chi connectivity index (χ1n) is 6.22. The number of sulfonamides is 1. The highest BCUT2D eigenvalue weighted by atomic mass is 35.5. The number of halogens is 2. The molecule has 2 rings (SSSR count). The van der Waals surface area contributed by atoms with Gasteiger partial charge in [0.25, 0.3) is 0 Å². The van der Waals surface area contributed by atoms with Crippen LogP contribution in [0.1, 0.15) is 13.3 Å². The van der Waals surface area contributed by atoms with E-state index in [4.69, 9.17) is 33.7 Å². The maximum atomic E-state index is 12.8. The summed E-state index contributed by atoms with van der Waals surface area (Å²) in [4.78, 5) is -0.0876. The summed E-state index contributed by atoms with van der Waals surface area (Å²) in [5.74, 6) is 0. The summed E-state index contributed by atoms with van der Waals surface area (Å²) in [5, 5.41) is 0.0766. The SMILES string of the molecule is CCC1COCCN1S(=O)(=O)c1c(Cl)cc(N)cc1Cl. The van der Waals surface area contributed by atoms with Gasteiger partial charge in [-0.2, -0.15) is 4.31 Å². The van der Waals surface area contributed by atoms with Gasteiger partial charge in [0.05, 0.1) is 23.3 Å². The monoisotopic (exact) mass is 338 g/mol. The van der Waals surface area contributed by atoms with Gasteiger partial charge in [-0.25, -0.2) is 8.42 Å². The lowest BCUT2D eigenvalue weighted by Gasteiger charge is -2.34. The normalized spacial score (nSPS) is 21.1. The number of benzene rings is 1. The Morgan fingerprint density at radius 3 is 2.55 bits per heavy atom. The maximum absolute atomic E-state index is 12.8. The van der Waals surface area contributed by atoms with Crippen molar-refractivity contribution in [2.24, 2.45) is 0 Å². The molecule has 0 aliphatic carbocycles. The van der Waals surface area contributed by atoms with Crippen LogP contribution in [-0.2, 0) is 14.8 Å². The van der Waals surface area contributed by atoms with E-state index in [9.17, 15) is 8.42 Å². The first-order valence-corrected chi connectivity index (χ1v) is 8.41. The first kappa shape index (κ1) is 15.9. The minimum atomic E-state index is -3.77. The van der Waals surface area contributed by atoms with Crippen molar-refractivity contribution >= 4 is 38.9 Å². The van der Waals surface area contributed by atoms with Crippen molar-refractivity contribution in [1.29, 1.82) is 0 Å². The summed E-state index contributed by atoms with van der Waals surface area (Å²) in [6.07, 6.45) is 0.656. The van der Waals surface area contributed by atoms with Crippen LogP contribution in [0, 0.1) is 0 Å². The summed E-state index contributed by atoms with van der Waals surface area (Å²) in [7, 11) is -3.77. The Labute approximate surface area is 128 Å². The summed E-state index contributed by atoms with van der Waals surface area (Å²) in [6.45, 7) is 2.94. The number of ether oxygens (including phenoxy) is 1. The average molecular weight is 339 g/mol. The van der Waals surface area contributed by atoms with E-state index in [0.717, 1.165) is 0 Å². The van der Waals surface area contributed by atoms with E-state index in [1.807, 2.05) is 6.92 Å². The van der Waals surface area contributed by atoms with Crippen LogP contribution in [0.15, 0.2) is 17.0 Å². The first-order chi connectivity index (χ1) is 9.37. The zero-order valence-corrected chi connectivity index (χ0v) is 13.3. The number of nitrogen functional groups attached to an aromatic ring is 1. The van der Waals surface area contributed by atoms with E-state index in [1.165, 1.54) is 16.4 Å². The lowest BCUT2D eigenvalue weighted by Crippen LogP contribution is -2.48. The predicted octanol–water partition coefficient (Wildman–Crippen LogP) is 2.38. The molecule has 0 saturated carbocycles. The molecule has 0 amide bonds. The highest BCUT2D eigenvalue weighted by Gasteiger charge is 2.35. The highest BCUT2D eigenvalue weighted by molar-refractivity contribution is 7.89. The Hall–Kier alpha value is -0.530. The summed E-state index contributed by atoms with van der Waals surface area (Å²) in [5.41, 5.74) is 5.93. The number of morpholine rings is 1. The molecular formula is C12H16Cl2N2O3S. The Bertz CT molecular complexity index is 584. The molecule has 1 aromatic rings. The van der Waals surface area contributed by atoms with Gasteiger partial charge in [0.1, 0.15) is 4.90 Å². The van der Waals surface area contributed by atoms with Crippen LogP contribution in [0.5, 0.6) is 0 Å². The fourth-order valence-electron chi connectivity index (χ4n) is 2.22. The van der Waals surface area contributed by atoms with Gasteiger partial charge in [-0.1, -0.05) is 30.1 Å². The topological polar surface area (TPSA) is 72.6 Å². The quantitative estimate of drug-likeness (QED) is 0.858. The molecule has 2 N–H and O–H groups in total. The van der Waals surface area contributed by atoms with Crippen molar-refractivity contribution in [3.63, 3.8) is 0 Å². The van der Waals surface area contributed by atoms with Crippen molar-refractivity contribution in [2.45, 2.75) is 24.3 Å².